The zero-order chi connectivity index (χ0) is 17.6. The molecule has 0 aliphatic heterocycles. The third-order valence-corrected chi connectivity index (χ3v) is 4.16. The van der Waals surface area contributed by atoms with Gasteiger partial charge in [-0.3, -0.25) is 9.59 Å². The van der Waals surface area contributed by atoms with Crippen LogP contribution < -0.4 is 4.74 Å². The Hall–Kier alpha value is -1.26. The van der Waals surface area contributed by atoms with Gasteiger partial charge in [0.15, 0.2) is 5.41 Å². The summed E-state index contributed by atoms with van der Waals surface area (Å²) < 4.78 is 10.6. The maximum atomic E-state index is 12.6. The van der Waals surface area contributed by atoms with Gasteiger partial charge >= 0.3 is 11.9 Å². The average molecular weight is 361 g/mol. The molecule has 0 unspecified atom stereocenters. The normalized spacial score (nSPS) is 11.4. The largest absolute Gasteiger partial charge is 0.465 e. The highest BCUT2D eigenvalue weighted by Crippen LogP contribution is 2.34. The maximum Gasteiger partial charge on any atom is 0.328 e. The van der Waals surface area contributed by atoms with Gasteiger partial charge in [-0.05, 0) is 37.0 Å². The number of hydrogen-bond donors (Lipinski definition) is 0. The Morgan fingerprint density at radius 3 is 2.22 bits per heavy atom. The van der Waals surface area contributed by atoms with Crippen LogP contribution in [0.15, 0.2) is 18.2 Å². The first-order valence-electron chi connectivity index (χ1n) is 7.61. The van der Waals surface area contributed by atoms with Crippen LogP contribution in [0.2, 0.25) is 10.0 Å². The summed E-state index contributed by atoms with van der Waals surface area (Å²) in [6.45, 7) is 7.63. The molecule has 0 bridgehead atoms. The van der Waals surface area contributed by atoms with E-state index in [1.165, 1.54) is 12.1 Å². The van der Waals surface area contributed by atoms with Gasteiger partial charge in [-0.25, -0.2) is 0 Å². The fourth-order valence-corrected chi connectivity index (χ4v) is 2.49. The van der Waals surface area contributed by atoms with Crippen LogP contribution in [0.25, 0.3) is 0 Å². The Morgan fingerprint density at radius 2 is 1.74 bits per heavy atom. The van der Waals surface area contributed by atoms with E-state index in [0.29, 0.717) is 5.02 Å². The van der Waals surface area contributed by atoms with E-state index >= 15 is 0 Å². The first-order chi connectivity index (χ1) is 10.8. The lowest BCUT2D eigenvalue weighted by Crippen LogP contribution is -2.43. The van der Waals surface area contributed by atoms with Gasteiger partial charge in [0.2, 0.25) is 0 Å². The lowest BCUT2D eigenvalue weighted by Gasteiger charge is -2.27. The molecule has 1 aromatic carbocycles. The first-order valence-corrected chi connectivity index (χ1v) is 8.37. The molecule has 0 atom stereocenters. The molecule has 0 aliphatic carbocycles. The second-order valence-electron chi connectivity index (χ2n) is 5.75. The van der Waals surface area contributed by atoms with Crippen LogP contribution in [-0.2, 0) is 14.3 Å². The van der Waals surface area contributed by atoms with Crippen LogP contribution in [0.4, 0.5) is 0 Å². The van der Waals surface area contributed by atoms with Gasteiger partial charge in [-0.15, -0.1) is 0 Å². The third kappa shape index (κ3) is 4.85. The van der Waals surface area contributed by atoms with Gasteiger partial charge in [0.05, 0.1) is 11.6 Å². The van der Waals surface area contributed by atoms with Crippen LogP contribution >= 0.6 is 23.2 Å². The summed E-state index contributed by atoms with van der Waals surface area (Å²) in [5.74, 6) is -0.872. The van der Waals surface area contributed by atoms with Gasteiger partial charge < -0.3 is 9.47 Å². The van der Waals surface area contributed by atoms with Crippen molar-refractivity contribution in [3.05, 3.63) is 28.2 Å². The lowest BCUT2D eigenvalue weighted by atomic mass is 9.82. The van der Waals surface area contributed by atoms with E-state index in [1.807, 2.05) is 13.8 Å². The number of esters is 2. The number of carbonyl (C=O) groups is 2. The highest BCUT2D eigenvalue weighted by atomic mass is 35.5. The molecule has 0 heterocycles. The Morgan fingerprint density at radius 1 is 1.13 bits per heavy atom. The third-order valence-electron chi connectivity index (χ3n) is 3.63. The van der Waals surface area contributed by atoms with Crippen LogP contribution in [0.5, 0.6) is 5.75 Å². The number of ether oxygens (including phenoxy) is 2. The van der Waals surface area contributed by atoms with Crippen molar-refractivity contribution in [2.24, 2.45) is 11.3 Å². The topological polar surface area (TPSA) is 52.6 Å². The van der Waals surface area contributed by atoms with Crippen molar-refractivity contribution >= 4 is 35.1 Å². The van der Waals surface area contributed by atoms with Crippen molar-refractivity contribution in [3.8, 4) is 5.75 Å². The smallest absolute Gasteiger partial charge is 0.328 e. The summed E-state index contributed by atoms with van der Waals surface area (Å²) in [7, 11) is 0. The molecular weight excluding hydrogens is 339 g/mol. The number of rotatable bonds is 7. The molecule has 0 aliphatic rings. The Bertz CT molecular complexity index is 566. The molecule has 1 aromatic rings. The standard InChI is InChI=1S/C17H22Cl2O4/c1-5-17(6-2,15(20)22-10-11(3)4)16(21)23-14-8-7-12(18)9-13(14)19/h7-9,11H,5-6,10H2,1-4H3. The minimum Gasteiger partial charge on any atom is -0.465 e. The van der Waals surface area contributed by atoms with Crippen molar-refractivity contribution in [1.29, 1.82) is 0 Å². The van der Waals surface area contributed by atoms with Crippen LogP contribution in [0.1, 0.15) is 40.5 Å². The van der Waals surface area contributed by atoms with Gasteiger partial charge in [0, 0.05) is 5.02 Å². The molecule has 128 valence electrons. The molecule has 0 amide bonds. The van der Waals surface area contributed by atoms with Crippen LogP contribution in [0, 0.1) is 11.3 Å². The van der Waals surface area contributed by atoms with E-state index in [1.54, 1.807) is 19.9 Å². The predicted molar refractivity (Wildman–Crippen MR) is 90.9 cm³/mol. The fraction of sp³-hybridized carbons (Fsp3) is 0.529. The summed E-state index contributed by atoms with van der Waals surface area (Å²) in [4.78, 5) is 25.0. The summed E-state index contributed by atoms with van der Waals surface area (Å²) in [6.07, 6.45) is 0.564. The Labute approximate surface area is 147 Å². The molecule has 0 fully saturated rings. The van der Waals surface area contributed by atoms with Crippen molar-refractivity contribution in [2.45, 2.75) is 40.5 Å². The quantitative estimate of drug-likeness (QED) is 0.394. The van der Waals surface area contributed by atoms with Gasteiger partial charge in [0.25, 0.3) is 0 Å². The highest BCUT2D eigenvalue weighted by Gasteiger charge is 2.46. The van der Waals surface area contributed by atoms with Crippen molar-refractivity contribution in [2.75, 3.05) is 6.61 Å². The maximum absolute atomic E-state index is 12.6. The molecule has 0 saturated carbocycles. The lowest BCUT2D eigenvalue weighted by molar-refractivity contribution is -0.168. The average Bonchev–Trinajstić information content (AvgIpc) is 2.49. The first kappa shape index (κ1) is 19.8. The molecule has 0 N–H and O–H groups in total. The molecule has 0 saturated heterocycles. The summed E-state index contributed by atoms with van der Waals surface area (Å²) in [5.41, 5.74) is -1.34. The zero-order valence-electron chi connectivity index (χ0n) is 13.8. The van der Waals surface area contributed by atoms with Crippen molar-refractivity contribution < 1.29 is 19.1 Å². The van der Waals surface area contributed by atoms with E-state index in [9.17, 15) is 9.59 Å². The second-order valence-corrected chi connectivity index (χ2v) is 6.59. The highest BCUT2D eigenvalue weighted by molar-refractivity contribution is 6.35. The zero-order valence-corrected chi connectivity index (χ0v) is 15.3. The second kappa shape index (κ2) is 8.55. The van der Waals surface area contributed by atoms with Crippen molar-refractivity contribution in [1.82, 2.24) is 0 Å². The monoisotopic (exact) mass is 360 g/mol. The van der Waals surface area contributed by atoms with E-state index in [4.69, 9.17) is 32.7 Å². The van der Waals surface area contributed by atoms with E-state index < -0.39 is 17.4 Å². The summed E-state index contributed by atoms with van der Waals surface area (Å²) >= 11 is 11.8. The number of carbonyl (C=O) groups excluding carboxylic acids is 2. The molecule has 23 heavy (non-hydrogen) atoms. The van der Waals surface area contributed by atoms with Crippen molar-refractivity contribution in [3.63, 3.8) is 0 Å². The minimum absolute atomic E-state index is 0.170. The molecule has 0 spiro atoms. The molecule has 1 rings (SSSR count). The summed E-state index contributed by atoms with van der Waals surface area (Å²) in [6, 6.07) is 4.53. The van der Waals surface area contributed by atoms with E-state index in [2.05, 4.69) is 0 Å². The molecule has 0 aromatic heterocycles. The van der Waals surface area contributed by atoms with Gasteiger partial charge in [-0.1, -0.05) is 50.9 Å². The van der Waals surface area contributed by atoms with Crippen LogP contribution in [-0.4, -0.2) is 18.5 Å². The number of benzene rings is 1. The molecule has 6 heteroatoms. The van der Waals surface area contributed by atoms with Gasteiger partial charge in [-0.2, -0.15) is 0 Å². The molecule has 4 nitrogen and oxygen atoms in total. The van der Waals surface area contributed by atoms with Gasteiger partial charge in [0.1, 0.15) is 5.75 Å². The predicted octanol–water partition coefficient (Wildman–Crippen LogP) is 4.90. The van der Waals surface area contributed by atoms with Crippen LogP contribution in [0.3, 0.4) is 0 Å². The number of halogens is 2. The Balaban J connectivity index is 2.99. The molecule has 0 radical (unpaired) electrons. The Kier molecular flexibility index (Phi) is 7.36. The molecular formula is C17H22Cl2O4. The minimum atomic E-state index is -1.34. The van der Waals surface area contributed by atoms with E-state index in [-0.39, 0.29) is 36.1 Å². The summed E-state index contributed by atoms with van der Waals surface area (Å²) in [5, 5.41) is 0.644. The van der Waals surface area contributed by atoms with E-state index in [0.717, 1.165) is 0 Å². The fourth-order valence-electron chi connectivity index (χ4n) is 2.05. The number of hydrogen-bond acceptors (Lipinski definition) is 4. The SMILES string of the molecule is CCC(CC)(C(=O)OCC(C)C)C(=O)Oc1ccc(Cl)cc1Cl.